The molecule has 1 aromatic heterocycles. The second-order valence-electron chi connectivity index (χ2n) is 9.55. The molecule has 3 aromatic rings. The standard InChI is InChI=1S/C27H33N3O5S2/c1-19-15-30(20(2)18-31)27(32)23-14-22(28-37(33,34)26-10-7-13-36-26)11-12-24(23)35-25(19)17-29(3)16-21-8-5-4-6-9-21/h4-14,19-20,25,28,31H,15-18H2,1-3H3/t19-,20-,25-/m1/s1. The highest BCUT2D eigenvalue weighted by Crippen LogP contribution is 2.32. The number of hydrogen-bond donors (Lipinski definition) is 2. The summed E-state index contributed by atoms with van der Waals surface area (Å²) in [7, 11) is -1.74. The number of ether oxygens (including phenoxy) is 1. The first-order chi connectivity index (χ1) is 17.7. The van der Waals surface area contributed by atoms with Gasteiger partial charge in [-0.15, -0.1) is 11.3 Å². The summed E-state index contributed by atoms with van der Waals surface area (Å²) >= 11 is 1.12. The minimum absolute atomic E-state index is 0.0127. The molecule has 4 rings (SSSR count). The number of hydrogen-bond acceptors (Lipinski definition) is 7. The van der Waals surface area contributed by atoms with Crippen molar-refractivity contribution >= 4 is 33.0 Å². The minimum Gasteiger partial charge on any atom is -0.488 e. The van der Waals surface area contributed by atoms with Gasteiger partial charge in [0.15, 0.2) is 0 Å². The summed E-state index contributed by atoms with van der Waals surface area (Å²) in [5, 5.41) is 11.6. The average molecular weight is 544 g/mol. The molecule has 8 nitrogen and oxygen atoms in total. The van der Waals surface area contributed by atoms with E-state index in [1.807, 2.05) is 32.2 Å². The molecule has 1 aliphatic heterocycles. The highest BCUT2D eigenvalue weighted by Gasteiger charge is 2.33. The summed E-state index contributed by atoms with van der Waals surface area (Å²) in [6, 6.07) is 17.7. The number of thiophene rings is 1. The molecule has 1 aliphatic rings. The van der Waals surface area contributed by atoms with Crippen molar-refractivity contribution in [2.24, 2.45) is 5.92 Å². The Morgan fingerprint density at radius 1 is 1.19 bits per heavy atom. The molecule has 1 amide bonds. The summed E-state index contributed by atoms with van der Waals surface area (Å²) in [6.07, 6.45) is -0.234. The summed E-state index contributed by atoms with van der Waals surface area (Å²) in [5.74, 6) is 0.0712. The Hall–Kier alpha value is -2.92. The molecule has 0 radical (unpaired) electrons. The van der Waals surface area contributed by atoms with Gasteiger partial charge in [-0.2, -0.15) is 0 Å². The Labute approximate surface area is 222 Å². The summed E-state index contributed by atoms with van der Waals surface area (Å²) < 4.78 is 34.7. The Bertz CT molecular complexity index is 1300. The lowest BCUT2D eigenvalue weighted by Crippen LogP contribution is -2.49. The molecule has 3 atom stereocenters. The first kappa shape index (κ1) is 27.1. The molecule has 0 saturated carbocycles. The highest BCUT2D eigenvalue weighted by molar-refractivity contribution is 7.94. The fourth-order valence-electron chi connectivity index (χ4n) is 4.39. The highest BCUT2D eigenvalue weighted by atomic mass is 32.2. The number of likely N-dealkylation sites (N-methyl/N-ethyl adjacent to an activating group) is 1. The first-order valence-electron chi connectivity index (χ1n) is 12.2. The van der Waals surface area contributed by atoms with Gasteiger partial charge in [0, 0.05) is 31.2 Å². The molecular weight excluding hydrogens is 510 g/mol. The largest absolute Gasteiger partial charge is 0.488 e. The van der Waals surface area contributed by atoms with Gasteiger partial charge in [0.1, 0.15) is 16.1 Å². The molecule has 0 fully saturated rings. The zero-order valence-corrected chi connectivity index (χ0v) is 22.8. The van der Waals surface area contributed by atoms with E-state index in [1.165, 1.54) is 17.7 Å². The number of benzene rings is 2. The predicted molar refractivity (Wildman–Crippen MR) is 146 cm³/mol. The van der Waals surface area contributed by atoms with Gasteiger partial charge >= 0.3 is 0 Å². The van der Waals surface area contributed by atoms with Crippen LogP contribution < -0.4 is 9.46 Å². The molecular formula is C27H33N3O5S2. The molecule has 0 saturated heterocycles. The number of nitrogens with zero attached hydrogens (tertiary/aromatic N) is 2. The topological polar surface area (TPSA) is 99.2 Å². The minimum atomic E-state index is -3.77. The Kier molecular flexibility index (Phi) is 8.53. The number of anilines is 1. The van der Waals surface area contributed by atoms with Crippen molar-refractivity contribution in [2.75, 3.05) is 31.5 Å². The van der Waals surface area contributed by atoms with Crippen LogP contribution in [0.4, 0.5) is 5.69 Å². The molecule has 0 spiro atoms. The quantitative estimate of drug-likeness (QED) is 0.425. The van der Waals surface area contributed by atoms with Crippen LogP contribution in [0.5, 0.6) is 5.75 Å². The van der Waals surface area contributed by atoms with Crippen LogP contribution in [0.15, 0.2) is 70.3 Å². The van der Waals surface area contributed by atoms with Crippen LogP contribution in [0, 0.1) is 5.92 Å². The summed E-state index contributed by atoms with van der Waals surface area (Å²) in [4.78, 5) is 17.4. The molecule has 2 heterocycles. The smallest absolute Gasteiger partial charge is 0.271 e. The van der Waals surface area contributed by atoms with E-state index >= 15 is 0 Å². The van der Waals surface area contributed by atoms with Crippen molar-refractivity contribution in [2.45, 2.75) is 36.7 Å². The molecule has 37 heavy (non-hydrogen) atoms. The van der Waals surface area contributed by atoms with Crippen LogP contribution >= 0.6 is 11.3 Å². The van der Waals surface area contributed by atoms with Crippen molar-refractivity contribution in [3.05, 3.63) is 77.2 Å². The van der Waals surface area contributed by atoms with Crippen LogP contribution in [0.2, 0.25) is 0 Å². The number of nitrogens with one attached hydrogen (secondary N) is 1. The van der Waals surface area contributed by atoms with E-state index in [2.05, 4.69) is 21.8 Å². The van der Waals surface area contributed by atoms with Crippen molar-refractivity contribution in [3.63, 3.8) is 0 Å². The number of sulfonamides is 1. The van der Waals surface area contributed by atoms with Gasteiger partial charge in [0.05, 0.1) is 18.2 Å². The second-order valence-corrected chi connectivity index (χ2v) is 12.4. The van der Waals surface area contributed by atoms with Crippen molar-refractivity contribution in [1.82, 2.24) is 9.80 Å². The van der Waals surface area contributed by atoms with Crippen molar-refractivity contribution in [1.29, 1.82) is 0 Å². The Morgan fingerprint density at radius 3 is 2.62 bits per heavy atom. The maximum atomic E-state index is 13.6. The van der Waals surface area contributed by atoms with Gasteiger partial charge in [-0.25, -0.2) is 8.42 Å². The van der Waals surface area contributed by atoms with Crippen LogP contribution in [0.1, 0.15) is 29.8 Å². The number of carbonyl (C=O) groups is 1. The predicted octanol–water partition coefficient (Wildman–Crippen LogP) is 3.90. The van der Waals surface area contributed by atoms with Crippen molar-refractivity contribution < 1.29 is 23.1 Å². The lowest BCUT2D eigenvalue weighted by Gasteiger charge is -2.38. The average Bonchev–Trinajstić information content (AvgIpc) is 3.43. The number of aliphatic hydroxyl groups excluding tert-OH is 1. The zero-order valence-electron chi connectivity index (χ0n) is 21.2. The molecule has 2 aromatic carbocycles. The molecule has 0 unspecified atom stereocenters. The van der Waals surface area contributed by atoms with Crippen LogP contribution in [0.25, 0.3) is 0 Å². The summed E-state index contributed by atoms with van der Waals surface area (Å²) in [5.41, 5.74) is 1.72. The third kappa shape index (κ3) is 6.51. The van der Waals surface area contributed by atoms with Gasteiger partial charge < -0.3 is 14.7 Å². The van der Waals surface area contributed by atoms with Crippen molar-refractivity contribution in [3.8, 4) is 5.75 Å². The lowest BCUT2D eigenvalue weighted by molar-refractivity contribution is 0.0341. The number of fused-ring (bicyclic) bond motifs is 1. The second kappa shape index (κ2) is 11.6. The third-order valence-corrected chi connectivity index (χ3v) is 9.24. The number of amides is 1. The normalized spacial score (nSPS) is 19.1. The van der Waals surface area contributed by atoms with E-state index in [0.29, 0.717) is 18.8 Å². The van der Waals surface area contributed by atoms with Crippen LogP contribution in [-0.2, 0) is 16.6 Å². The van der Waals surface area contributed by atoms with E-state index in [-0.39, 0.29) is 40.0 Å². The van der Waals surface area contributed by atoms with Gasteiger partial charge in [-0.3, -0.25) is 14.4 Å². The lowest BCUT2D eigenvalue weighted by atomic mass is 9.99. The molecule has 0 bridgehead atoms. The Balaban J connectivity index is 1.63. The van der Waals surface area contributed by atoms with E-state index in [1.54, 1.807) is 35.4 Å². The number of aliphatic hydroxyl groups is 1. The first-order valence-corrected chi connectivity index (χ1v) is 14.6. The van der Waals surface area contributed by atoms with Gasteiger partial charge in [0.2, 0.25) is 0 Å². The van der Waals surface area contributed by atoms with Gasteiger partial charge in [0.25, 0.3) is 15.9 Å². The SMILES string of the molecule is C[C@@H]1CN([C@H](C)CO)C(=O)c2cc(NS(=O)(=O)c3cccs3)ccc2O[C@@H]1CN(C)Cc1ccccc1. The molecule has 10 heteroatoms. The maximum Gasteiger partial charge on any atom is 0.271 e. The number of carbonyl (C=O) groups excluding carboxylic acids is 1. The molecule has 198 valence electrons. The molecule has 0 aliphatic carbocycles. The van der Waals surface area contributed by atoms with E-state index in [9.17, 15) is 18.3 Å². The number of rotatable bonds is 9. The van der Waals surface area contributed by atoms with Gasteiger partial charge in [-0.05, 0) is 49.2 Å². The fraction of sp³-hybridized carbons (Fsp3) is 0.370. The van der Waals surface area contributed by atoms with E-state index in [0.717, 1.165) is 17.9 Å². The monoisotopic (exact) mass is 543 g/mol. The van der Waals surface area contributed by atoms with Crippen LogP contribution in [-0.4, -0.2) is 68.1 Å². The molecule has 2 N–H and O–H groups in total. The van der Waals surface area contributed by atoms with Gasteiger partial charge in [-0.1, -0.05) is 43.3 Å². The van der Waals surface area contributed by atoms with E-state index < -0.39 is 16.1 Å². The van der Waals surface area contributed by atoms with Crippen LogP contribution in [0.3, 0.4) is 0 Å². The Morgan fingerprint density at radius 2 is 1.95 bits per heavy atom. The van der Waals surface area contributed by atoms with E-state index in [4.69, 9.17) is 4.74 Å². The third-order valence-electron chi connectivity index (χ3n) is 6.46. The zero-order chi connectivity index (χ0) is 26.6. The maximum absolute atomic E-state index is 13.6. The summed E-state index contributed by atoms with van der Waals surface area (Å²) in [6.45, 7) is 5.43. The fourth-order valence-corrected chi connectivity index (χ4v) is 6.43.